The lowest BCUT2D eigenvalue weighted by Gasteiger charge is -2.31. The van der Waals surface area contributed by atoms with E-state index in [-0.39, 0.29) is 5.41 Å². The molecule has 1 heteroatoms. The summed E-state index contributed by atoms with van der Waals surface area (Å²) in [5.74, 6) is 0. The molecule has 13 rings (SSSR count). The molecule has 0 spiro atoms. The van der Waals surface area contributed by atoms with Crippen LogP contribution in [-0.4, -0.2) is 0 Å². The van der Waals surface area contributed by atoms with E-state index in [0.29, 0.717) is 0 Å². The minimum absolute atomic E-state index is 0.330. The van der Waals surface area contributed by atoms with Crippen molar-refractivity contribution in [1.82, 2.24) is 0 Å². The Labute approximate surface area is 391 Å². The van der Waals surface area contributed by atoms with Crippen LogP contribution in [0.4, 0.5) is 17.1 Å². The van der Waals surface area contributed by atoms with Crippen LogP contribution in [0.1, 0.15) is 23.6 Å². The van der Waals surface area contributed by atoms with Crippen molar-refractivity contribution in [2.24, 2.45) is 0 Å². The van der Waals surface area contributed by atoms with Crippen LogP contribution in [0.5, 0.6) is 0 Å². The highest BCUT2D eigenvalue weighted by atomic mass is 15.1. The maximum Gasteiger partial charge on any atom is 0.0468 e. The molecule has 1 aliphatic carbocycles. The van der Waals surface area contributed by atoms with Gasteiger partial charge < -0.3 is 4.90 Å². The zero-order valence-electron chi connectivity index (χ0n) is 37.2. The third kappa shape index (κ3) is 6.23. The van der Waals surface area contributed by atoms with Gasteiger partial charge in [-0.25, -0.2) is 0 Å². The maximum absolute atomic E-state index is 2.46. The second kappa shape index (κ2) is 15.6. The fraction of sp³-hybridized carbons (Fsp3) is 0.0303. The molecular formula is C66H45N. The molecule has 1 aliphatic rings. The van der Waals surface area contributed by atoms with E-state index in [1.165, 1.54) is 98.7 Å². The molecule has 0 saturated carbocycles. The van der Waals surface area contributed by atoms with Crippen molar-refractivity contribution in [1.29, 1.82) is 0 Å². The van der Waals surface area contributed by atoms with Crippen molar-refractivity contribution in [2.45, 2.75) is 12.3 Å². The molecule has 0 fully saturated rings. The Bertz CT molecular complexity index is 3870. The largest absolute Gasteiger partial charge is 0.310 e. The number of hydrogen-bond acceptors (Lipinski definition) is 1. The Morgan fingerprint density at radius 3 is 1.60 bits per heavy atom. The topological polar surface area (TPSA) is 3.24 Å². The molecule has 1 nitrogen and oxygen atoms in total. The van der Waals surface area contributed by atoms with Gasteiger partial charge in [0, 0.05) is 22.5 Å². The van der Waals surface area contributed by atoms with Crippen molar-refractivity contribution in [3.8, 4) is 44.5 Å². The molecule has 1 unspecified atom stereocenters. The highest BCUT2D eigenvalue weighted by molar-refractivity contribution is 6.22. The highest BCUT2D eigenvalue weighted by Crippen LogP contribution is 2.54. The summed E-state index contributed by atoms with van der Waals surface area (Å²) in [6.45, 7) is 2.40. The van der Waals surface area contributed by atoms with Crippen LogP contribution in [0.15, 0.2) is 255 Å². The minimum atomic E-state index is -0.330. The first-order valence-corrected chi connectivity index (χ1v) is 23.3. The van der Waals surface area contributed by atoms with E-state index >= 15 is 0 Å². The van der Waals surface area contributed by atoms with E-state index in [4.69, 9.17) is 0 Å². The van der Waals surface area contributed by atoms with Crippen LogP contribution >= 0.6 is 0 Å². The Morgan fingerprint density at radius 2 is 0.806 bits per heavy atom. The fourth-order valence-corrected chi connectivity index (χ4v) is 11.3. The summed E-state index contributed by atoms with van der Waals surface area (Å²) in [5, 5.41) is 9.99. The van der Waals surface area contributed by atoms with Crippen molar-refractivity contribution in [3.05, 3.63) is 271 Å². The first-order chi connectivity index (χ1) is 33.1. The maximum atomic E-state index is 2.46. The number of hydrogen-bond donors (Lipinski definition) is 0. The average Bonchev–Trinajstić information content (AvgIpc) is 3.66. The van der Waals surface area contributed by atoms with Crippen LogP contribution in [0.25, 0.3) is 87.6 Å². The van der Waals surface area contributed by atoms with E-state index in [2.05, 4.69) is 267 Å². The average molecular weight is 852 g/mol. The normalized spacial score (nSPS) is 14.1. The Kier molecular flexibility index (Phi) is 9.05. The third-order valence-electron chi connectivity index (χ3n) is 14.5. The van der Waals surface area contributed by atoms with Gasteiger partial charge in [-0.1, -0.05) is 212 Å². The van der Waals surface area contributed by atoms with Gasteiger partial charge in [-0.2, -0.15) is 0 Å². The van der Waals surface area contributed by atoms with E-state index in [1.54, 1.807) is 0 Å². The number of nitrogens with zero attached hydrogens (tertiary/aromatic N) is 1. The Morgan fingerprint density at radius 1 is 0.284 bits per heavy atom. The van der Waals surface area contributed by atoms with Gasteiger partial charge >= 0.3 is 0 Å². The zero-order valence-corrected chi connectivity index (χ0v) is 37.2. The molecule has 0 N–H and O–H groups in total. The molecular weight excluding hydrogens is 807 g/mol. The highest BCUT2D eigenvalue weighted by Gasteiger charge is 2.41. The summed E-state index contributed by atoms with van der Waals surface area (Å²) >= 11 is 0. The first-order valence-electron chi connectivity index (χ1n) is 23.3. The lowest BCUT2D eigenvalue weighted by Crippen LogP contribution is -2.22. The van der Waals surface area contributed by atoms with Crippen LogP contribution in [-0.2, 0) is 5.41 Å². The van der Waals surface area contributed by atoms with Gasteiger partial charge in [-0.15, -0.1) is 0 Å². The summed E-state index contributed by atoms with van der Waals surface area (Å²) < 4.78 is 0. The number of fused-ring (bicyclic) bond motifs is 9. The second-order valence-electron chi connectivity index (χ2n) is 18.1. The fourth-order valence-electron chi connectivity index (χ4n) is 11.3. The van der Waals surface area contributed by atoms with E-state index in [9.17, 15) is 0 Å². The van der Waals surface area contributed by atoms with Crippen molar-refractivity contribution in [3.63, 3.8) is 0 Å². The van der Waals surface area contributed by atoms with Gasteiger partial charge in [0.05, 0.1) is 0 Å². The first kappa shape index (κ1) is 38.9. The molecule has 67 heavy (non-hydrogen) atoms. The number of rotatable bonds is 7. The SMILES string of the molecule is CC1(c2ccccc2)c2ccccc2-c2ccc(N(c3cccc(-c4ccc5c(c4)c(-c4ccccc4)c(-c4ccccc4)c4ccccc45)c3)c3ccc4c(ccc5ccccc54)c3)cc21. The van der Waals surface area contributed by atoms with E-state index in [0.717, 1.165) is 22.6 Å². The molecule has 0 aliphatic heterocycles. The lowest BCUT2D eigenvalue weighted by molar-refractivity contribution is 0.714. The molecule has 12 aromatic carbocycles. The van der Waals surface area contributed by atoms with Crippen molar-refractivity contribution >= 4 is 60.2 Å². The third-order valence-corrected chi connectivity index (χ3v) is 14.5. The number of anilines is 3. The van der Waals surface area contributed by atoms with Crippen LogP contribution < -0.4 is 4.90 Å². The summed E-state index contributed by atoms with van der Waals surface area (Å²) in [4.78, 5) is 2.46. The standard InChI is InChI=1S/C66H45N/c1-66(50-24-9-4-10-25-50)62-31-16-15-29-58(62)59-39-36-53(43-63(59)66)67(52-35-38-55-49(41-52)33-32-44-18-11-12-27-54(44)55)51-26-17-23-47(40-51)48-34-37-57-56-28-13-14-30-60(56)64(45-19-5-2-6-20-45)65(61(57)42-48)46-21-7-3-8-22-46/h2-43H,1H3. The smallest absolute Gasteiger partial charge is 0.0468 e. The molecule has 314 valence electrons. The molecule has 0 amide bonds. The molecule has 0 saturated heterocycles. The Balaban J connectivity index is 1.03. The molecule has 1 atom stereocenters. The van der Waals surface area contributed by atoms with Gasteiger partial charge in [-0.05, 0) is 154 Å². The van der Waals surface area contributed by atoms with Crippen molar-refractivity contribution < 1.29 is 0 Å². The minimum Gasteiger partial charge on any atom is -0.310 e. The second-order valence-corrected chi connectivity index (χ2v) is 18.1. The van der Waals surface area contributed by atoms with Gasteiger partial charge in [0.2, 0.25) is 0 Å². The summed E-state index contributed by atoms with van der Waals surface area (Å²) in [7, 11) is 0. The van der Waals surface area contributed by atoms with Crippen molar-refractivity contribution in [2.75, 3.05) is 4.90 Å². The van der Waals surface area contributed by atoms with Gasteiger partial charge in [-0.3, -0.25) is 0 Å². The molecule has 0 heterocycles. The molecule has 0 radical (unpaired) electrons. The molecule has 12 aromatic rings. The van der Waals surface area contributed by atoms with Gasteiger partial charge in [0.1, 0.15) is 0 Å². The summed E-state index contributed by atoms with van der Waals surface area (Å²) in [6, 6.07) is 94.3. The monoisotopic (exact) mass is 851 g/mol. The number of benzene rings is 12. The Hall–Kier alpha value is -8.52. The van der Waals surface area contributed by atoms with Gasteiger partial charge in [0.25, 0.3) is 0 Å². The van der Waals surface area contributed by atoms with Crippen LogP contribution in [0, 0.1) is 0 Å². The summed E-state index contributed by atoms with van der Waals surface area (Å²) in [5.41, 5.74) is 16.8. The molecule has 0 bridgehead atoms. The zero-order chi connectivity index (χ0) is 44.5. The predicted molar refractivity (Wildman–Crippen MR) is 285 cm³/mol. The lowest BCUT2D eigenvalue weighted by atomic mass is 9.74. The molecule has 0 aromatic heterocycles. The van der Waals surface area contributed by atoms with Crippen LogP contribution in [0.2, 0.25) is 0 Å². The van der Waals surface area contributed by atoms with Gasteiger partial charge in [0.15, 0.2) is 0 Å². The summed E-state index contributed by atoms with van der Waals surface area (Å²) in [6.07, 6.45) is 0. The van der Waals surface area contributed by atoms with Crippen LogP contribution in [0.3, 0.4) is 0 Å². The predicted octanol–water partition coefficient (Wildman–Crippen LogP) is 18.1. The van der Waals surface area contributed by atoms with E-state index in [1.807, 2.05) is 0 Å². The van der Waals surface area contributed by atoms with E-state index < -0.39 is 0 Å². The quantitative estimate of drug-likeness (QED) is 0.144.